The van der Waals surface area contributed by atoms with E-state index in [0.717, 1.165) is 0 Å². The average molecular weight is 378 g/mol. The number of methoxy groups -OCH3 is 1. The van der Waals surface area contributed by atoms with Gasteiger partial charge in [0.05, 0.1) is 12.8 Å². The number of imide groups is 1. The molecule has 0 saturated heterocycles. The minimum atomic E-state index is -1.03. The smallest absolute Gasteiger partial charge is 0.425 e. The molecule has 1 rings (SSSR count). The number of ether oxygens (including phenoxy) is 3. The van der Waals surface area contributed by atoms with Crippen LogP contribution in [0.1, 0.15) is 57.6 Å². The fourth-order valence-corrected chi connectivity index (χ4v) is 1.88. The van der Waals surface area contributed by atoms with E-state index < -0.39 is 29.4 Å². The van der Waals surface area contributed by atoms with Crippen LogP contribution in [0.25, 0.3) is 6.08 Å². The Kier molecular flexibility index (Phi) is 6.72. The molecule has 1 aromatic heterocycles. The predicted molar refractivity (Wildman–Crippen MR) is 101 cm³/mol. The van der Waals surface area contributed by atoms with Gasteiger partial charge in [0.1, 0.15) is 16.8 Å². The van der Waals surface area contributed by atoms with Crippen LogP contribution in [0.3, 0.4) is 0 Å². The summed E-state index contributed by atoms with van der Waals surface area (Å²) in [6, 6.07) is 2.89. The van der Waals surface area contributed by atoms with Gasteiger partial charge in [0.2, 0.25) is 0 Å². The molecule has 0 saturated carbocycles. The van der Waals surface area contributed by atoms with Gasteiger partial charge in [-0.1, -0.05) is 6.58 Å². The Morgan fingerprint density at radius 3 is 1.85 bits per heavy atom. The molecule has 0 radical (unpaired) electrons. The second kappa shape index (κ2) is 8.20. The number of amides is 2. The lowest BCUT2D eigenvalue weighted by atomic mass is 10.2. The van der Waals surface area contributed by atoms with Crippen molar-refractivity contribution in [2.75, 3.05) is 12.0 Å². The highest BCUT2D eigenvalue weighted by Crippen LogP contribution is 2.25. The lowest BCUT2D eigenvalue weighted by molar-refractivity contribution is 0.0429. The van der Waals surface area contributed by atoms with Gasteiger partial charge in [0, 0.05) is 0 Å². The molecule has 27 heavy (non-hydrogen) atoms. The van der Waals surface area contributed by atoms with Gasteiger partial charge in [0.15, 0.2) is 5.82 Å². The molecule has 0 spiro atoms. The zero-order valence-corrected chi connectivity index (χ0v) is 16.8. The van der Waals surface area contributed by atoms with Crippen molar-refractivity contribution in [2.24, 2.45) is 0 Å². The number of hydrogen-bond donors (Lipinski definition) is 0. The largest absolute Gasteiger partial charge is 0.465 e. The van der Waals surface area contributed by atoms with Crippen LogP contribution in [0, 0.1) is 0 Å². The summed E-state index contributed by atoms with van der Waals surface area (Å²) in [5, 5.41) is 0. The van der Waals surface area contributed by atoms with Crippen molar-refractivity contribution < 1.29 is 28.6 Å². The van der Waals surface area contributed by atoms with E-state index in [1.807, 2.05) is 0 Å². The Bertz CT molecular complexity index is 716. The lowest BCUT2D eigenvalue weighted by Crippen LogP contribution is -2.45. The van der Waals surface area contributed by atoms with E-state index in [-0.39, 0.29) is 11.4 Å². The molecule has 0 fully saturated rings. The maximum absolute atomic E-state index is 12.7. The molecular weight excluding hydrogens is 352 g/mol. The van der Waals surface area contributed by atoms with E-state index in [1.165, 1.54) is 25.3 Å². The third kappa shape index (κ3) is 6.40. The number of esters is 1. The molecular formula is C19H26N2O6. The maximum atomic E-state index is 12.7. The van der Waals surface area contributed by atoms with E-state index in [2.05, 4.69) is 11.6 Å². The molecule has 148 valence electrons. The summed E-state index contributed by atoms with van der Waals surface area (Å²) in [7, 11) is 1.18. The van der Waals surface area contributed by atoms with Gasteiger partial charge in [-0.05, 0) is 59.8 Å². The number of pyridine rings is 1. The SMILES string of the molecule is C=Cc1ccc(C(=O)OC)c(N(C(=O)OC(C)(C)C)C(=O)OC(C)(C)C)n1. The topological polar surface area (TPSA) is 95.0 Å². The van der Waals surface area contributed by atoms with Gasteiger partial charge >= 0.3 is 18.2 Å². The Morgan fingerprint density at radius 2 is 1.48 bits per heavy atom. The highest BCUT2D eigenvalue weighted by molar-refractivity contribution is 6.12. The van der Waals surface area contributed by atoms with Crippen molar-refractivity contribution >= 4 is 30.0 Å². The first-order valence-corrected chi connectivity index (χ1v) is 8.27. The quantitative estimate of drug-likeness (QED) is 0.575. The van der Waals surface area contributed by atoms with Crippen LogP contribution in [-0.2, 0) is 14.2 Å². The number of aromatic nitrogens is 1. The first-order valence-electron chi connectivity index (χ1n) is 8.27. The molecule has 0 aliphatic carbocycles. The Morgan fingerprint density at radius 1 is 1.00 bits per heavy atom. The maximum Gasteiger partial charge on any atom is 0.425 e. The molecule has 1 aromatic rings. The molecule has 8 heteroatoms. The van der Waals surface area contributed by atoms with Crippen LogP contribution in [0.5, 0.6) is 0 Å². The number of carbonyl (C=O) groups is 3. The van der Waals surface area contributed by atoms with Crippen LogP contribution in [-0.4, -0.2) is 41.5 Å². The van der Waals surface area contributed by atoms with Gasteiger partial charge in [-0.2, -0.15) is 4.90 Å². The van der Waals surface area contributed by atoms with Crippen LogP contribution in [0.4, 0.5) is 15.4 Å². The number of hydrogen-bond acceptors (Lipinski definition) is 7. The highest BCUT2D eigenvalue weighted by atomic mass is 16.6. The Hall–Kier alpha value is -2.90. The fourth-order valence-electron chi connectivity index (χ4n) is 1.88. The summed E-state index contributed by atoms with van der Waals surface area (Å²) >= 11 is 0. The van der Waals surface area contributed by atoms with E-state index in [4.69, 9.17) is 14.2 Å². The molecule has 0 aromatic carbocycles. The minimum Gasteiger partial charge on any atom is -0.465 e. The molecule has 0 N–H and O–H groups in total. The van der Waals surface area contributed by atoms with Crippen LogP contribution < -0.4 is 4.90 Å². The molecule has 0 unspecified atom stereocenters. The fraction of sp³-hybridized carbons (Fsp3) is 0.474. The Labute approximate surface area is 159 Å². The number of anilines is 1. The van der Waals surface area contributed by atoms with Crippen LogP contribution in [0.15, 0.2) is 18.7 Å². The monoisotopic (exact) mass is 378 g/mol. The van der Waals surface area contributed by atoms with Crippen molar-refractivity contribution in [3.63, 3.8) is 0 Å². The summed E-state index contributed by atoms with van der Waals surface area (Å²) in [6.07, 6.45) is -0.654. The normalized spacial score (nSPS) is 11.4. The zero-order chi connectivity index (χ0) is 21.0. The minimum absolute atomic E-state index is 0.0974. The van der Waals surface area contributed by atoms with Crippen molar-refractivity contribution in [2.45, 2.75) is 52.7 Å². The highest BCUT2D eigenvalue weighted by Gasteiger charge is 2.36. The standard InChI is InChI=1S/C19H26N2O6/c1-9-12-10-11-13(15(22)25-8)14(20-12)21(16(23)26-18(2,3)4)17(24)27-19(5,6)7/h9-11H,1H2,2-8H3. The molecule has 1 heterocycles. The van der Waals surface area contributed by atoms with E-state index in [9.17, 15) is 14.4 Å². The Balaban J connectivity index is 3.58. The van der Waals surface area contributed by atoms with Gasteiger partial charge in [-0.15, -0.1) is 0 Å². The van der Waals surface area contributed by atoms with Crippen LogP contribution in [0.2, 0.25) is 0 Å². The van der Waals surface area contributed by atoms with E-state index in [0.29, 0.717) is 10.6 Å². The van der Waals surface area contributed by atoms with Gasteiger partial charge in [-0.25, -0.2) is 19.4 Å². The molecule has 2 amide bonds. The second-order valence-electron chi connectivity index (χ2n) is 7.60. The molecule has 8 nitrogen and oxygen atoms in total. The summed E-state index contributed by atoms with van der Waals surface area (Å²) in [4.78, 5) is 42.4. The number of nitrogens with zero attached hydrogens (tertiary/aromatic N) is 2. The lowest BCUT2D eigenvalue weighted by Gasteiger charge is -2.28. The van der Waals surface area contributed by atoms with Crippen molar-refractivity contribution in [1.82, 2.24) is 4.98 Å². The number of rotatable bonds is 3. The second-order valence-corrected chi connectivity index (χ2v) is 7.60. The van der Waals surface area contributed by atoms with Crippen molar-refractivity contribution in [3.05, 3.63) is 30.0 Å². The first kappa shape index (κ1) is 22.1. The third-order valence-corrected chi connectivity index (χ3v) is 2.88. The van der Waals surface area contributed by atoms with Crippen molar-refractivity contribution in [1.29, 1.82) is 0 Å². The molecule has 0 atom stereocenters. The van der Waals surface area contributed by atoms with Crippen molar-refractivity contribution in [3.8, 4) is 0 Å². The summed E-state index contributed by atoms with van der Waals surface area (Å²) < 4.78 is 15.3. The van der Waals surface area contributed by atoms with E-state index in [1.54, 1.807) is 41.5 Å². The predicted octanol–water partition coefficient (Wildman–Crippen LogP) is 4.19. The van der Waals surface area contributed by atoms with Gasteiger partial charge < -0.3 is 14.2 Å². The van der Waals surface area contributed by atoms with Gasteiger partial charge in [-0.3, -0.25) is 0 Å². The molecule has 0 bridgehead atoms. The van der Waals surface area contributed by atoms with E-state index >= 15 is 0 Å². The molecule has 0 aliphatic heterocycles. The summed E-state index contributed by atoms with van der Waals surface area (Å²) in [5.41, 5.74) is -1.54. The summed E-state index contributed by atoms with van der Waals surface area (Å²) in [6.45, 7) is 13.5. The third-order valence-electron chi connectivity index (χ3n) is 2.88. The number of carbonyl (C=O) groups excluding carboxylic acids is 3. The molecule has 0 aliphatic rings. The summed E-state index contributed by atoms with van der Waals surface area (Å²) in [5.74, 6) is -1.03. The van der Waals surface area contributed by atoms with Gasteiger partial charge in [0.25, 0.3) is 0 Å². The first-order chi connectivity index (χ1) is 12.3. The van der Waals surface area contributed by atoms with Crippen LogP contribution >= 0.6 is 0 Å². The average Bonchev–Trinajstić information content (AvgIpc) is 2.50. The zero-order valence-electron chi connectivity index (χ0n) is 16.8.